The fourth-order valence-corrected chi connectivity index (χ4v) is 1.38. The summed E-state index contributed by atoms with van der Waals surface area (Å²) in [4.78, 5) is 10.7. The quantitative estimate of drug-likeness (QED) is 0.891. The summed E-state index contributed by atoms with van der Waals surface area (Å²) in [5.74, 6) is -0.780. The van der Waals surface area contributed by atoms with E-state index in [1.165, 1.54) is 26.2 Å². The average Bonchev–Trinajstić information content (AvgIpc) is 2.30. The molecule has 0 saturated carbocycles. The fraction of sp³-hybridized carbons (Fsp3) is 0.273. The Morgan fingerprint density at radius 2 is 2.24 bits per heavy atom. The minimum Gasteiger partial charge on any atom is -0.493 e. The van der Waals surface area contributed by atoms with E-state index < -0.39 is 12.1 Å². The number of ether oxygens (including phenoxy) is 2. The van der Waals surface area contributed by atoms with Gasteiger partial charge in [-0.1, -0.05) is 11.6 Å². The standard InChI is InChI=1S/C11H10ClNO4/c1-6(11(14)15)17-10-8(12)3-7(5-13)4-9(10)16-2/h3-4,6H,1-2H3,(H,14,15). The van der Waals surface area contributed by atoms with Crippen LogP contribution in [0.2, 0.25) is 5.02 Å². The minimum absolute atomic E-state index is 0.114. The molecule has 1 N–H and O–H groups in total. The van der Waals surface area contributed by atoms with Gasteiger partial charge in [-0.3, -0.25) is 0 Å². The molecular weight excluding hydrogens is 246 g/mol. The number of nitrogens with zero attached hydrogens (tertiary/aromatic N) is 1. The summed E-state index contributed by atoms with van der Waals surface area (Å²) in [6, 6.07) is 4.72. The predicted octanol–water partition coefficient (Wildman–Crippen LogP) is 2.07. The van der Waals surface area contributed by atoms with Crippen LogP contribution in [-0.4, -0.2) is 24.3 Å². The molecule has 0 spiro atoms. The van der Waals surface area contributed by atoms with Crippen molar-refractivity contribution >= 4 is 17.6 Å². The minimum atomic E-state index is -1.12. The molecule has 6 heteroatoms. The van der Waals surface area contributed by atoms with E-state index in [9.17, 15) is 4.79 Å². The second kappa shape index (κ2) is 5.41. The molecule has 1 aromatic rings. The first-order chi connectivity index (χ1) is 7.99. The van der Waals surface area contributed by atoms with Crippen molar-refractivity contribution in [2.75, 3.05) is 7.11 Å². The molecule has 1 unspecified atom stereocenters. The van der Waals surface area contributed by atoms with Crippen LogP contribution in [0.1, 0.15) is 12.5 Å². The summed E-state index contributed by atoms with van der Waals surface area (Å²) in [7, 11) is 1.38. The summed E-state index contributed by atoms with van der Waals surface area (Å²) in [6.45, 7) is 1.37. The Labute approximate surface area is 103 Å². The molecule has 1 rings (SSSR count). The van der Waals surface area contributed by atoms with Crippen molar-refractivity contribution in [3.05, 3.63) is 22.7 Å². The van der Waals surface area contributed by atoms with Crippen molar-refractivity contribution in [2.24, 2.45) is 0 Å². The van der Waals surface area contributed by atoms with Gasteiger partial charge in [0.05, 0.1) is 23.8 Å². The summed E-state index contributed by atoms with van der Waals surface area (Å²) >= 11 is 5.89. The van der Waals surface area contributed by atoms with E-state index in [1.54, 1.807) is 0 Å². The monoisotopic (exact) mass is 255 g/mol. The van der Waals surface area contributed by atoms with Crippen LogP contribution >= 0.6 is 11.6 Å². The van der Waals surface area contributed by atoms with Gasteiger partial charge in [0.1, 0.15) is 0 Å². The third kappa shape index (κ3) is 3.02. The van der Waals surface area contributed by atoms with Gasteiger partial charge < -0.3 is 14.6 Å². The first kappa shape index (κ1) is 13.1. The van der Waals surface area contributed by atoms with Crippen molar-refractivity contribution in [3.8, 4) is 17.6 Å². The summed E-state index contributed by atoms with van der Waals surface area (Å²) in [5, 5.41) is 17.6. The molecule has 0 aliphatic rings. The maximum atomic E-state index is 10.7. The average molecular weight is 256 g/mol. The number of rotatable bonds is 4. The van der Waals surface area contributed by atoms with Gasteiger partial charge in [-0.05, 0) is 13.0 Å². The lowest BCUT2D eigenvalue weighted by Gasteiger charge is -2.15. The third-order valence-corrected chi connectivity index (χ3v) is 2.28. The molecule has 0 heterocycles. The van der Waals surface area contributed by atoms with E-state index in [-0.39, 0.29) is 16.5 Å². The van der Waals surface area contributed by atoms with Crippen LogP contribution in [0.5, 0.6) is 11.5 Å². The fourth-order valence-electron chi connectivity index (χ4n) is 1.13. The van der Waals surface area contributed by atoms with E-state index in [1.807, 2.05) is 6.07 Å². The Bertz CT molecular complexity index is 481. The van der Waals surface area contributed by atoms with Gasteiger partial charge in [-0.15, -0.1) is 0 Å². The number of methoxy groups -OCH3 is 1. The first-order valence-corrected chi connectivity index (χ1v) is 5.04. The number of nitriles is 1. The highest BCUT2D eigenvalue weighted by atomic mass is 35.5. The van der Waals surface area contributed by atoms with E-state index in [0.717, 1.165) is 0 Å². The van der Waals surface area contributed by atoms with Crippen LogP contribution in [0.4, 0.5) is 0 Å². The largest absolute Gasteiger partial charge is 0.493 e. The summed E-state index contributed by atoms with van der Waals surface area (Å²) in [6.07, 6.45) is -1.06. The number of hydrogen-bond acceptors (Lipinski definition) is 4. The van der Waals surface area contributed by atoms with Gasteiger partial charge in [0, 0.05) is 6.07 Å². The third-order valence-electron chi connectivity index (χ3n) is 2.00. The van der Waals surface area contributed by atoms with E-state index in [4.69, 9.17) is 31.4 Å². The van der Waals surface area contributed by atoms with Crippen LogP contribution < -0.4 is 9.47 Å². The van der Waals surface area contributed by atoms with Gasteiger partial charge in [0.15, 0.2) is 17.6 Å². The van der Waals surface area contributed by atoms with Gasteiger partial charge in [-0.2, -0.15) is 5.26 Å². The highest BCUT2D eigenvalue weighted by Crippen LogP contribution is 2.36. The summed E-state index contributed by atoms with van der Waals surface area (Å²) < 4.78 is 10.2. The second-order valence-corrected chi connectivity index (χ2v) is 3.61. The zero-order chi connectivity index (χ0) is 13.0. The SMILES string of the molecule is COc1cc(C#N)cc(Cl)c1OC(C)C(=O)O. The second-order valence-electron chi connectivity index (χ2n) is 3.20. The van der Waals surface area contributed by atoms with Crippen LogP contribution in [0.25, 0.3) is 0 Å². The van der Waals surface area contributed by atoms with Gasteiger partial charge in [0.2, 0.25) is 0 Å². The Morgan fingerprint density at radius 3 is 2.71 bits per heavy atom. The number of halogens is 1. The lowest BCUT2D eigenvalue weighted by molar-refractivity contribution is -0.144. The molecule has 0 aliphatic heterocycles. The van der Waals surface area contributed by atoms with E-state index >= 15 is 0 Å². The van der Waals surface area contributed by atoms with Gasteiger partial charge in [0.25, 0.3) is 0 Å². The molecule has 0 fully saturated rings. The number of carboxylic acid groups (broad SMARTS) is 1. The van der Waals surface area contributed by atoms with E-state index in [2.05, 4.69) is 0 Å². The van der Waals surface area contributed by atoms with Crippen molar-refractivity contribution in [3.63, 3.8) is 0 Å². The zero-order valence-electron chi connectivity index (χ0n) is 9.23. The van der Waals surface area contributed by atoms with E-state index in [0.29, 0.717) is 5.56 Å². The lowest BCUT2D eigenvalue weighted by atomic mass is 10.2. The molecule has 1 aromatic carbocycles. The zero-order valence-corrected chi connectivity index (χ0v) is 9.99. The number of benzene rings is 1. The molecule has 0 radical (unpaired) electrons. The van der Waals surface area contributed by atoms with Crippen LogP contribution in [-0.2, 0) is 4.79 Å². The topological polar surface area (TPSA) is 79.5 Å². The molecule has 5 nitrogen and oxygen atoms in total. The molecule has 1 atom stereocenters. The molecule has 0 amide bonds. The van der Waals surface area contributed by atoms with Crippen molar-refractivity contribution in [1.82, 2.24) is 0 Å². The highest BCUT2D eigenvalue weighted by Gasteiger charge is 2.18. The predicted molar refractivity (Wildman–Crippen MR) is 60.4 cm³/mol. The molecule has 17 heavy (non-hydrogen) atoms. The van der Waals surface area contributed by atoms with Crippen LogP contribution in [0.3, 0.4) is 0 Å². The Morgan fingerprint density at radius 1 is 1.59 bits per heavy atom. The van der Waals surface area contributed by atoms with Crippen molar-refractivity contribution in [2.45, 2.75) is 13.0 Å². The van der Waals surface area contributed by atoms with Gasteiger partial charge >= 0.3 is 5.97 Å². The molecule has 0 bridgehead atoms. The molecule has 0 aromatic heterocycles. The lowest BCUT2D eigenvalue weighted by Crippen LogP contribution is -2.23. The van der Waals surface area contributed by atoms with Crippen molar-refractivity contribution in [1.29, 1.82) is 5.26 Å². The maximum Gasteiger partial charge on any atom is 0.344 e. The van der Waals surface area contributed by atoms with Gasteiger partial charge in [-0.25, -0.2) is 4.79 Å². The maximum absolute atomic E-state index is 10.7. The number of carbonyl (C=O) groups is 1. The number of hydrogen-bond donors (Lipinski definition) is 1. The van der Waals surface area contributed by atoms with Crippen molar-refractivity contribution < 1.29 is 19.4 Å². The number of carboxylic acids is 1. The molecule has 0 saturated heterocycles. The molecule has 0 aliphatic carbocycles. The van der Waals surface area contributed by atoms with Crippen LogP contribution in [0.15, 0.2) is 12.1 Å². The molecule has 90 valence electrons. The first-order valence-electron chi connectivity index (χ1n) is 4.66. The Balaban J connectivity index is 3.15. The smallest absolute Gasteiger partial charge is 0.344 e. The number of aliphatic carboxylic acids is 1. The summed E-state index contributed by atoms with van der Waals surface area (Å²) in [5.41, 5.74) is 0.308. The molecular formula is C11H10ClNO4. The Hall–Kier alpha value is -1.93. The van der Waals surface area contributed by atoms with Crippen LogP contribution in [0, 0.1) is 11.3 Å². The normalized spacial score (nSPS) is 11.4. The highest BCUT2D eigenvalue weighted by molar-refractivity contribution is 6.32. The Kier molecular flexibility index (Phi) is 4.18.